The van der Waals surface area contributed by atoms with Gasteiger partial charge in [-0.05, 0) is 49.2 Å². The normalized spacial score (nSPS) is 12.2. The summed E-state index contributed by atoms with van der Waals surface area (Å²) in [5.41, 5.74) is 2.39. The molecule has 0 aromatic heterocycles. The van der Waals surface area contributed by atoms with Gasteiger partial charge in [0.15, 0.2) is 0 Å². The number of benzene rings is 2. The number of nitrogens with zero attached hydrogens (tertiary/aromatic N) is 2. The van der Waals surface area contributed by atoms with E-state index in [9.17, 15) is 10.2 Å². The van der Waals surface area contributed by atoms with Crippen LogP contribution in [0.3, 0.4) is 0 Å². The average Bonchev–Trinajstić information content (AvgIpc) is 2.64. The third-order valence-electron chi connectivity index (χ3n) is 3.96. The van der Waals surface area contributed by atoms with Crippen LogP contribution < -0.4 is 19.7 Å². The van der Waals surface area contributed by atoms with Crippen LogP contribution in [0.1, 0.15) is 25.0 Å². The largest absolute Gasteiger partial charge is 0.872 e. The summed E-state index contributed by atoms with van der Waals surface area (Å²) in [5, 5.41) is 24.0. The molecule has 0 saturated carbocycles. The Morgan fingerprint density at radius 3 is 1.46 bits per heavy atom. The van der Waals surface area contributed by atoms with E-state index >= 15 is 0 Å². The van der Waals surface area contributed by atoms with Crippen molar-refractivity contribution in [3.05, 3.63) is 47.5 Å². The lowest BCUT2D eigenvalue weighted by Crippen LogP contribution is -2.06. The van der Waals surface area contributed by atoms with Gasteiger partial charge in [0.05, 0.1) is 27.3 Å². The number of rotatable bonds is 7. The maximum atomic E-state index is 12.0. The van der Waals surface area contributed by atoms with Gasteiger partial charge in [-0.3, -0.25) is 9.98 Å². The van der Waals surface area contributed by atoms with Gasteiger partial charge in [-0.15, -0.1) is 0 Å². The van der Waals surface area contributed by atoms with E-state index in [4.69, 9.17) is 9.47 Å². The summed E-state index contributed by atoms with van der Waals surface area (Å²) in [7, 11) is 3.04. The second-order valence-corrected chi connectivity index (χ2v) is 5.66. The molecule has 0 radical (unpaired) electrons. The zero-order chi connectivity index (χ0) is 19.1. The fourth-order valence-corrected chi connectivity index (χ4v) is 2.46. The SMILES string of the molecule is COc1ccc(C(C)=NCCN=C(C)c2ccc(OC)cc2[O-])c([O-])c1. The second kappa shape index (κ2) is 8.89. The molecule has 0 N–H and O–H groups in total. The first kappa shape index (κ1) is 19.3. The van der Waals surface area contributed by atoms with Crippen molar-refractivity contribution in [3.8, 4) is 23.0 Å². The van der Waals surface area contributed by atoms with Gasteiger partial charge in [0.1, 0.15) is 11.5 Å². The van der Waals surface area contributed by atoms with Crippen molar-refractivity contribution < 1.29 is 19.7 Å². The lowest BCUT2D eigenvalue weighted by molar-refractivity contribution is -0.269. The molecule has 2 aromatic rings. The molecule has 0 spiro atoms. The Balaban J connectivity index is 2.02. The van der Waals surface area contributed by atoms with E-state index in [-0.39, 0.29) is 11.5 Å². The smallest absolute Gasteiger partial charge is 0.118 e. The summed E-state index contributed by atoms with van der Waals surface area (Å²) < 4.78 is 10.1. The van der Waals surface area contributed by atoms with Crippen molar-refractivity contribution in [1.82, 2.24) is 0 Å². The molecule has 0 unspecified atom stereocenters. The molecule has 0 aliphatic rings. The fourth-order valence-electron chi connectivity index (χ4n) is 2.46. The monoisotopic (exact) mass is 354 g/mol. The molecule has 6 heteroatoms. The third-order valence-corrected chi connectivity index (χ3v) is 3.96. The summed E-state index contributed by atoms with van der Waals surface area (Å²) in [6.45, 7) is 4.44. The minimum atomic E-state index is -0.125. The highest BCUT2D eigenvalue weighted by Gasteiger charge is 2.02. The van der Waals surface area contributed by atoms with Crippen LogP contribution in [0.2, 0.25) is 0 Å². The summed E-state index contributed by atoms with van der Waals surface area (Å²) in [5.74, 6) is 0.804. The van der Waals surface area contributed by atoms with Crippen LogP contribution in [0.5, 0.6) is 23.0 Å². The predicted molar refractivity (Wildman–Crippen MR) is 99.0 cm³/mol. The van der Waals surface area contributed by atoms with E-state index < -0.39 is 0 Å². The summed E-state index contributed by atoms with van der Waals surface area (Å²) in [6, 6.07) is 9.76. The maximum Gasteiger partial charge on any atom is 0.118 e. The molecular weight excluding hydrogens is 332 g/mol. The van der Waals surface area contributed by atoms with Crippen molar-refractivity contribution >= 4 is 11.4 Å². The first-order chi connectivity index (χ1) is 12.5. The van der Waals surface area contributed by atoms with E-state index in [0.29, 0.717) is 47.1 Å². The molecule has 0 aliphatic carbocycles. The molecule has 0 heterocycles. The Labute approximate surface area is 153 Å². The topological polar surface area (TPSA) is 89.3 Å². The molecule has 2 rings (SSSR count). The number of ether oxygens (including phenoxy) is 2. The lowest BCUT2D eigenvalue weighted by atomic mass is 10.1. The van der Waals surface area contributed by atoms with Gasteiger partial charge < -0.3 is 19.7 Å². The molecule has 6 nitrogen and oxygen atoms in total. The van der Waals surface area contributed by atoms with Crippen molar-refractivity contribution in [3.63, 3.8) is 0 Å². The van der Waals surface area contributed by atoms with Crippen LogP contribution >= 0.6 is 0 Å². The van der Waals surface area contributed by atoms with Gasteiger partial charge in [-0.2, -0.15) is 0 Å². The Morgan fingerprint density at radius 2 is 1.15 bits per heavy atom. The molecular formula is C20H22N2O4-2. The maximum absolute atomic E-state index is 12.0. The van der Waals surface area contributed by atoms with Gasteiger partial charge >= 0.3 is 0 Å². The highest BCUT2D eigenvalue weighted by molar-refractivity contribution is 6.01. The van der Waals surface area contributed by atoms with Gasteiger partial charge in [-0.25, -0.2) is 0 Å². The summed E-state index contributed by atoms with van der Waals surface area (Å²) in [6.07, 6.45) is 0. The third kappa shape index (κ3) is 4.75. The first-order valence-corrected chi connectivity index (χ1v) is 8.19. The second-order valence-electron chi connectivity index (χ2n) is 5.66. The lowest BCUT2D eigenvalue weighted by Gasteiger charge is -2.15. The molecule has 0 saturated heterocycles. The van der Waals surface area contributed by atoms with Gasteiger partial charge in [0.2, 0.25) is 0 Å². The standard InChI is InChI=1S/C20H24N2O4/c1-13(17-7-5-15(25-3)11-19(17)23)21-9-10-22-14(2)18-8-6-16(26-4)12-20(18)24/h5-8,11-12,23-24H,9-10H2,1-4H3/p-2. The van der Waals surface area contributed by atoms with Crippen LogP contribution in [0.15, 0.2) is 46.4 Å². The molecule has 0 atom stereocenters. The van der Waals surface area contributed by atoms with Crippen molar-refractivity contribution in [2.75, 3.05) is 27.3 Å². The van der Waals surface area contributed by atoms with Gasteiger partial charge in [0, 0.05) is 11.4 Å². The Morgan fingerprint density at radius 1 is 0.769 bits per heavy atom. The number of hydrogen-bond acceptors (Lipinski definition) is 6. The molecule has 26 heavy (non-hydrogen) atoms. The number of hydrogen-bond donors (Lipinski definition) is 0. The van der Waals surface area contributed by atoms with Crippen molar-refractivity contribution in [1.29, 1.82) is 0 Å². The Bertz CT molecular complexity index is 759. The summed E-state index contributed by atoms with van der Waals surface area (Å²) >= 11 is 0. The molecule has 0 amide bonds. The highest BCUT2D eigenvalue weighted by atomic mass is 16.5. The summed E-state index contributed by atoms with van der Waals surface area (Å²) in [4.78, 5) is 8.79. The van der Waals surface area contributed by atoms with E-state index in [0.717, 1.165) is 0 Å². The van der Waals surface area contributed by atoms with Gasteiger partial charge in [0.25, 0.3) is 0 Å². The van der Waals surface area contributed by atoms with Crippen molar-refractivity contribution in [2.45, 2.75) is 13.8 Å². The Hall–Kier alpha value is -3.02. The average molecular weight is 354 g/mol. The van der Waals surface area contributed by atoms with Crippen molar-refractivity contribution in [2.24, 2.45) is 9.98 Å². The minimum Gasteiger partial charge on any atom is -0.872 e. The first-order valence-electron chi connectivity index (χ1n) is 8.19. The fraction of sp³-hybridized carbons (Fsp3) is 0.300. The van der Waals surface area contributed by atoms with Crippen LogP contribution in [0.4, 0.5) is 0 Å². The van der Waals surface area contributed by atoms with E-state index in [1.807, 2.05) is 0 Å². The molecule has 0 bridgehead atoms. The minimum absolute atomic E-state index is 0.125. The number of methoxy groups -OCH3 is 2. The molecule has 138 valence electrons. The molecule has 0 aliphatic heterocycles. The van der Waals surface area contributed by atoms with E-state index in [2.05, 4.69) is 9.98 Å². The predicted octanol–water partition coefficient (Wildman–Crippen LogP) is 2.17. The molecule has 0 fully saturated rings. The number of aliphatic imine (C=N–C) groups is 2. The van der Waals surface area contributed by atoms with E-state index in [1.165, 1.54) is 26.4 Å². The van der Waals surface area contributed by atoms with Crippen LogP contribution in [-0.2, 0) is 0 Å². The van der Waals surface area contributed by atoms with Crippen LogP contribution in [0.25, 0.3) is 0 Å². The highest BCUT2D eigenvalue weighted by Crippen LogP contribution is 2.22. The van der Waals surface area contributed by atoms with E-state index in [1.54, 1.807) is 38.1 Å². The Kier molecular flexibility index (Phi) is 6.60. The zero-order valence-electron chi connectivity index (χ0n) is 15.4. The van der Waals surface area contributed by atoms with Gasteiger partial charge in [-0.1, -0.05) is 23.6 Å². The van der Waals surface area contributed by atoms with Crippen LogP contribution in [0, 0.1) is 0 Å². The zero-order valence-corrected chi connectivity index (χ0v) is 15.4. The quantitative estimate of drug-likeness (QED) is 0.563. The molecule has 2 aromatic carbocycles. The van der Waals surface area contributed by atoms with Crippen LogP contribution in [-0.4, -0.2) is 38.7 Å².